The molecule has 0 bridgehead atoms. The SMILES string of the molecule is Cc1ccn2cc(C(=O)N3CC(C)CC(C(=O)O)C3)nc2c1. The van der Waals surface area contributed by atoms with Gasteiger partial charge in [-0.3, -0.25) is 9.59 Å². The highest BCUT2D eigenvalue weighted by Crippen LogP contribution is 2.23. The molecule has 1 aliphatic rings. The number of nitrogens with zero attached hydrogens (tertiary/aromatic N) is 3. The summed E-state index contributed by atoms with van der Waals surface area (Å²) >= 11 is 0. The van der Waals surface area contributed by atoms with Crippen LogP contribution in [0.25, 0.3) is 5.65 Å². The molecule has 6 heteroatoms. The molecule has 1 aliphatic heterocycles. The zero-order valence-corrected chi connectivity index (χ0v) is 12.7. The number of imidazole rings is 1. The molecule has 3 rings (SSSR count). The topological polar surface area (TPSA) is 74.9 Å². The standard InChI is InChI=1S/C16H19N3O3/c1-10-3-4-18-9-13(17-14(18)6-10)15(20)19-7-11(2)5-12(8-19)16(21)22/h3-4,6,9,11-12H,5,7-8H2,1-2H3,(H,21,22). The number of likely N-dealkylation sites (tertiary alicyclic amines) is 1. The molecule has 2 atom stereocenters. The van der Waals surface area contributed by atoms with Crippen LogP contribution in [-0.2, 0) is 4.79 Å². The molecule has 0 aromatic carbocycles. The largest absolute Gasteiger partial charge is 0.481 e. The third-order valence-corrected chi connectivity index (χ3v) is 4.13. The summed E-state index contributed by atoms with van der Waals surface area (Å²) in [5.74, 6) is -1.35. The lowest BCUT2D eigenvalue weighted by Gasteiger charge is -2.34. The van der Waals surface area contributed by atoms with E-state index in [1.54, 1.807) is 11.1 Å². The summed E-state index contributed by atoms with van der Waals surface area (Å²) in [5, 5.41) is 9.21. The van der Waals surface area contributed by atoms with Crippen molar-refractivity contribution in [3.63, 3.8) is 0 Å². The molecule has 1 amide bonds. The maximum atomic E-state index is 12.6. The minimum Gasteiger partial charge on any atom is -0.481 e. The van der Waals surface area contributed by atoms with E-state index in [-0.39, 0.29) is 18.4 Å². The van der Waals surface area contributed by atoms with Gasteiger partial charge in [0.25, 0.3) is 5.91 Å². The zero-order chi connectivity index (χ0) is 15.9. The van der Waals surface area contributed by atoms with Gasteiger partial charge >= 0.3 is 5.97 Å². The normalized spacial score (nSPS) is 22.0. The Bertz CT molecular complexity index is 737. The minimum atomic E-state index is -0.838. The van der Waals surface area contributed by atoms with Gasteiger partial charge in [0.15, 0.2) is 0 Å². The van der Waals surface area contributed by atoms with Crippen molar-refractivity contribution < 1.29 is 14.7 Å². The van der Waals surface area contributed by atoms with Crippen molar-refractivity contribution in [3.05, 3.63) is 35.8 Å². The molecule has 6 nitrogen and oxygen atoms in total. The van der Waals surface area contributed by atoms with Gasteiger partial charge in [0.05, 0.1) is 5.92 Å². The first-order valence-corrected chi connectivity index (χ1v) is 7.41. The van der Waals surface area contributed by atoms with Crippen LogP contribution in [0.3, 0.4) is 0 Å². The number of aromatic nitrogens is 2. The van der Waals surface area contributed by atoms with Gasteiger partial charge in [-0.1, -0.05) is 6.92 Å². The molecule has 1 saturated heterocycles. The number of fused-ring (bicyclic) bond motifs is 1. The van der Waals surface area contributed by atoms with Crippen LogP contribution >= 0.6 is 0 Å². The molecule has 22 heavy (non-hydrogen) atoms. The van der Waals surface area contributed by atoms with E-state index in [9.17, 15) is 14.7 Å². The van der Waals surface area contributed by atoms with Gasteiger partial charge in [-0.15, -0.1) is 0 Å². The highest BCUT2D eigenvalue weighted by molar-refractivity contribution is 5.93. The van der Waals surface area contributed by atoms with Gasteiger partial charge in [-0.05, 0) is 37.0 Å². The van der Waals surface area contributed by atoms with Gasteiger partial charge < -0.3 is 14.4 Å². The first-order valence-electron chi connectivity index (χ1n) is 7.41. The van der Waals surface area contributed by atoms with E-state index >= 15 is 0 Å². The number of amides is 1. The first-order chi connectivity index (χ1) is 10.4. The minimum absolute atomic E-state index is 0.179. The van der Waals surface area contributed by atoms with E-state index in [1.807, 2.05) is 36.6 Å². The number of pyridine rings is 1. The first kappa shape index (κ1) is 14.6. The molecule has 0 saturated carbocycles. The molecule has 2 unspecified atom stereocenters. The Morgan fingerprint density at radius 3 is 2.86 bits per heavy atom. The fraction of sp³-hybridized carbons (Fsp3) is 0.438. The fourth-order valence-electron chi connectivity index (χ4n) is 3.05. The van der Waals surface area contributed by atoms with E-state index in [4.69, 9.17) is 0 Å². The van der Waals surface area contributed by atoms with Crippen LogP contribution in [0.15, 0.2) is 24.5 Å². The van der Waals surface area contributed by atoms with Crippen molar-refractivity contribution in [2.75, 3.05) is 13.1 Å². The van der Waals surface area contributed by atoms with Gasteiger partial charge in [-0.25, -0.2) is 4.98 Å². The predicted octanol–water partition coefficient (Wildman–Crippen LogP) is 1.83. The molecule has 0 aliphatic carbocycles. The molecular weight excluding hydrogens is 282 g/mol. The van der Waals surface area contributed by atoms with Crippen molar-refractivity contribution in [1.29, 1.82) is 0 Å². The van der Waals surface area contributed by atoms with E-state index in [2.05, 4.69) is 4.98 Å². The Hall–Kier alpha value is -2.37. The Morgan fingerprint density at radius 2 is 2.14 bits per heavy atom. The second-order valence-electron chi connectivity index (χ2n) is 6.18. The lowest BCUT2D eigenvalue weighted by molar-refractivity contribution is -0.143. The summed E-state index contributed by atoms with van der Waals surface area (Å²) in [7, 11) is 0. The number of carboxylic acid groups (broad SMARTS) is 1. The second-order valence-corrected chi connectivity index (χ2v) is 6.18. The van der Waals surface area contributed by atoms with Crippen LogP contribution in [0.1, 0.15) is 29.4 Å². The third kappa shape index (κ3) is 2.68. The maximum absolute atomic E-state index is 12.6. The molecule has 3 heterocycles. The van der Waals surface area contributed by atoms with Crippen LogP contribution in [0, 0.1) is 18.8 Å². The summed E-state index contributed by atoms with van der Waals surface area (Å²) < 4.78 is 1.81. The van der Waals surface area contributed by atoms with Gasteiger partial charge in [0.1, 0.15) is 11.3 Å². The average Bonchev–Trinajstić information content (AvgIpc) is 2.88. The van der Waals surface area contributed by atoms with Crippen molar-refractivity contribution in [2.45, 2.75) is 20.3 Å². The monoisotopic (exact) mass is 301 g/mol. The van der Waals surface area contributed by atoms with Gasteiger partial charge in [-0.2, -0.15) is 0 Å². The number of carbonyl (C=O) groups is 2. The van der Waals surface area contributed by atoms with Gasteiger partial charge in [0, 0.05) is 25.5 Å². The summed E-state index contributed by atoms with van der Waals surface area (Å²) in [6.45, 7) is 4.78. The molecule has 1 N–H and O–H groups in total. The zero-order valence-electron chi connectivity index (χ0n) is 12.7. The van der Waals surface area contributed by atoms with E-state index in [0.717, 1.165) is 11.2 Å². The number of hydrogen-bond donors (Lipinski definition) is 1. The number of hydrogen-bond acceptors (Lipinski definition) is 3. The third-order valence-electron chi connectivity index (χ3n) is 4.13. The molecule has 116 valence electrons. The summed E-state index contributed by atoms with van der Waals surface area (Å²) in [6, 6.07) is 3.86. The number of carbonyl (C=O) groups excluding carboxylic acids is 1. The fourth-order valence-corrected chi connectivity index (χ4v) is 3.05. The van der Waals surface area contributed by atoms with Crippen LogP contribution in [0.5, 0.6) is 0 Å². The summed E-state index contributed by atoms with van der Waals surface area (Å²) in [6.07, 6.45) is 4.18. The quantitative estimate of drug-likeness (QED) is 0.918. The Balaban J connectivity index is 1.86. The Kier molecular flexibility index (Phi) is 3.60. The van der Waals surface area contributed by atoms with Crippen molar-refractivity contribution >= 4 is 17.5 Å². The summed E-state index contributed by atoms with van der Waals surface area (Å²) in [5.41, 5.74) is 2.17. The highest BCUT2D eigenvalue weighted by Gasteiger charge is 2.33. The van der Waals surface area contributed by atoms with E-state index in [1.165, 1.54) is 0 Å². The van der Waals surface area contributed by atoms with Crippen LogP contribution in [-0.4, -0.2) is 44.4 Å². The lowest BCUT2D eigenvalue weighted by atomic mass is 9.90. The molecule has 2 aromatic rings. The number of carboxylic acids is 1. The predicted molar refractivity (Wildman–Crippen MR) is 80.7 cm³/mol. The number of aliphatic carboxylic acids is 1. The molecule has 0 spiro atoms. The molecule has 2 aromatic heterocycles. The number of piperidine rings is 1. The second kappa shape index (κ2) is 5.44. The molecular formula is C16H19N3O3. The average molecular weight is 301 g/mol. The van der Waals surface area contributed by atoms with Crippen molar-refractivity contribution in [1.82, 2.24) is 14.3 Å². The van der Waals surface area contributed by atoms with Crippen molar-refractivity contribution in [3.8, 4) is 0 Å². The van der Waals surface area contributed by atoms with Crippen LogP contribution < -0.4 is 0 Å². The summed E-state index contributed by atoms with van der Waals surface area (Å²) in [4.78, 5) is 29.8. The van der Waals surface area contributed by atoms with E-state index < -0.39 is 11.9 Å². The van der Waals surface area contributed by atoms with E-state index in [0.29, 0.717) is 18.7 Å². The Morgan fingerprint density at radius 1 is 1.36 bits per heavy atom. The van der Waals surface area contributed by atoms with Crippen LogP contribution in [0.4, 0.5) is 0 Å². The Labute approximate surface area is 128 Å². The number of rotatable bonds is 2. The van der Waals surface area contributed by atoms with Crippen LogP contribution in [0.2, 0.25) is 0 Å². The maximum Gasteiger partial charge on any atom is 0.308 e. The van der Waals surface area contributed by atoms with Crippen molar-refractivity contribution in [2.24, 2.45) is 11.8 Å². The lowest BCUT2D eigenvalue weighted by Crippen LogP contribution is -2.45. The smallest absolute Gasteiger partial charge is 0.308 e. The highest BCUT2D eigenvalue weighted by atomic mass is 16.4. The molecule has 1 fully saturated rings. The molecule has 0 radical (unpaired) electrons. The number of aryl methyl sites for hydroxylation is 1. The van der Waals surface area contributed by atoms with Gasteiger partial charge in [0.2, 0.25) is 0 Å².